The zero-order chi connectivity index (χ0) is 17.6. The predicted molar refractivity (Wildman–Crippen MR) is 117 cm³/mol. The minimum absolute atomic E-state index is 0. The van der Waals surface area contributed by atoms with Crippen LogP contribution < -0.4 is 5.32 Å². The molecule has 0 aromatic carbocycles. The Morgan fingerprint density at radius 3 is 2.40 bits per heavy atom. The number of likely N-dealkylation sites (tertiary alicyclic amines) is 1. The standard InChI is InChI=1S/C19H38N4O.HI/c1-6-16(7-2)17-8-9-22(14-17)18(20-5)21-15-19(3,4)23-10-12-24-13-11-23;/h16-17H,6-15H2,1-5H3,(H,20,21);1H. The van der Waals surface area contributed by atoms with Gasteiger partial charge in [-0.15, -0.1) is 24.0 Å². The molecule has 148 valence electrons. The Balaban J connectivity index is 0.00000312. The number of nitrogens with zero attached hydrogens (tertiary/aromatic N) is 3. The minimum atomic E-state index is 0. The van der Waals surface area contributed by atoms with Crippen LogP contribution in [0, 0.1) is 11.8 Å². The topological polar surface area (TPSA) is 40.1 Å². The number of halogens is 1. The molecule has 0 saturated carbocycles. The Kier molecular flexibility index (Phi) is 10.0. The second-order valence-corrected chi connectivity index (χ2v) is 7.88. The van der Waals surface area contributed by atoms with E-state index in [9.17, 15) is 0 Å². The van der Waals surface area contributed by atoms with Gasteiger partial charge in [-0.3, -0.25) is 9.89 Å². The van der Waals surface area contributed by atoms with Crippen LogP contribution in [0.15, 0.2) is 4.99 Å². The number of hydrogen-bond donors (Lipinski definition) is 1. The molecule has 2 aliphatic heterocycles. The van der Waals surface area contributed by atoms with E-state index in [1.165, 1.54) is 19.3 Å². The molecule has 0 aliphatic carbocycles. The third kappa shape index (κ3) is 6.24. The summed E-state index contributed by atoms with van der Waals surface area (Å²) in [6.07, 6.45) is 3.90. The molecule has 2 heterocycles. The van der Waals surface area contributed by atoms with Crippen LogP contribution in [-0.4, -0.2) is 74.3 Å². The number of hydrogen-bond acceptors (Lipinski definition) is 3. The molecule has 0 amide bonds. The lowest BCUT2D eigenvalue weighted by atomic mass is 9.87. The maximum absolute atomic E-state index is 5.48. The average molecular weight is 466 g/mol. The Hall–Kier alpha value is -0.0800. The van der Waals surface area contributed by atoms with Gasteiger partial charge in [-0.1, -0.05) is 26.7 Å². The van der Waals surface area contributed by atoms with Crippen molar-refractivity contribution in [2.24, 2.45) is 16.8 Å². The van der Waals surface area contributed by atoms with E-state index in [-0.39, 0.29) is 29.5 Å². The lowest BCUT2D eigenvalue weighted by molar-refractivity contribution is -0.00847. The second kappa shape index (κ2) is 10.9. The lowest BCUT2D eigenvalue weighted by Crippen LogP contribution is -2.56. The monoisotopic (exact) mass is 466 g/mol. The summed E-state index contributed by atoms with van der Waals surface area (Å²) in [6.45, 7) is 16.2. The SMILES string of the molecule is CCC(CC)C1CCN(C(=NC)NCC(C)(C)N2CCOCC2)C1.I. The van der Waals surface area contributed by atoms with Gasteiger partial charge < -0.3 is 15.0 Å². The average Bonchev–Trinajstić information content (AvgIpc) is 3.07. The Morgan fingerprint density at radius 2 is 1.84 bits per heavy atom. The number of aliphatic imine (C=N–C) groups is 1. The van der Waals surface area contributed by atoms with E-state index in [1.807, 2.05) is 7.05 Å². The van der Waals surface area contributed by atoms with E-state index in [2.05, 4.69) is 47.8 Å². The van der Waals surface area contributed by atoms with Crippen molar-refractivity contribution in [2.45, 2.75) is 52.5 Å². The molecule has 0 aromatic rings. The van der Waals surface area contributed by atoms with Gasteiger partial charge in [0.15, 0.2) is 5.96 Å². The van der Waals surface area contributed by atoms with E-state index >= 15 is 0 Å². The van der Waals surface area contributed by atoms with Crippen molar-refractivity contribution in [1.29, 1.82) is 0 Å². The van der Waals surface area contributed by atoms with Gasteiger partial charge in [-0.05, 0) is 32.1 Å². The highest BCUT2D eigenvalue weighted by Crippen LogP contribution is 2.28. The van der Waals surface area contributed by atoms with Crippen molar-refractivity contribution in [3.63, 3.8) is 0 Å². The van der Waals surface area contributed by atoms with Gasteiger partial charge in [0.05, 0.1) is 13.2 Å². The molecule has 0 bridgehead atoms. The molecular formula is C19H39IN4O. The fraction of sp³-hybridized carbons (Fsp3) is 0.947. The van der Waals surface area contributed by atoms with Crippen molar-refractivity contribution in [3.8, 4) is 0 Å². The van der Waals surface area contributed by atoms with Crippen LogP contribution >= 0.6 is 24.0 Å². The third-order valence-corrected chi connectivity index (χ3v) is 6.00. The molecule has 1 unspecified atom stereocenters. The molecule has 2 aliphatic rings. The van der Waals surface area contributed by atoms with Crippen LogP contribution in [0.4, 0.5) is 0 Å². The molecule has 0 radical (unpaired) electrons. The number of ether oxygens (including phenoxy) is 1. The number of morpholine rings is 1. The van der Waals surface area contributed by atoms with E-state index in [0.29, 0.717) is 0 Å². The normalized spacial score (nSPS) is 23.0. The summed E-state index contributed by atoms with van der Waals surface area (Å²) in [6, 6.07) is 0. The molecule has 2 rings (SSSR count). The highest BCUT2D eigenvalue weighted by molar-refractivity contribution is 14.0. The van der Waals surface area contributed by atoms with Gasteiger partial charge in [0.2, 0.25) is 0 Å². The molecule has 6 heteroatoms. The maximum Gasteiger partial charge on any atom is 0.193 e. The zero-order valence-corrected chi connectivity index (χ0v) is 19.2. The lowest BCUT2D eigenvalue weighted by Gasteiger charge is -2.41. The highest BCUT2D eigenvalue weighted by Gasteiger charge is 2.32. The quantitative estimate of drug-likeness (QED) is 0.371. The summed E-state index contributed by atoms with van der Waals surface area (Å²) in [5, 5.41) is 3.64. The van der Waals surface area contributed by atoms with E-state index in [1.54, 1.807) is 0 Å². The van der Waals surface area contributed by atoms with E-state index < -0.39 is 0 Å². The smallest absolute Gasteiger partial charge is 0.193 e. The maximum atomic E-state index is 5.48. The summed E-state index contributed by atoms with van der Waals surface area (Å²) in [5.74, 6) is 2.76. The van der Waals surface area contributed by atoms with Crippen LogP contribution in [0.2, 0.25) is 0 Å². The number of rotatable bonds is 6. The van der Waals surface area contributed by atoms with Crippen molar-refractivity contribution in [2.75, 3.05) is 53.0 Å². The second-order valence-electron chi connectivity index (χ2n) is 7.88. The van der Waals surface area contributed by atoms with Crippen LogP contribution in [0.3, 0.4) is 0 Å². The van der Waals surface area contributed by atoms with Gasteiger partial charge in [-0.25, -0.2) is 0 Å². The molecule has 2 fully saturated rings. The fourth-order valence-electron chi connectivity index (χ4n) is 4.23. The third-order valence-electron chi connectivity index (χ3n) is 6.00. The van der Waals surface area contributed by atoms with Crippen LogP contribution in [0.25, 0.3) is 0 Å². The molecule has 1 atom stereocenters. The number of guanidine groups is 1. The molecule has 5 nitrogen and oxygen atoms in total. The zero-order valence-electron chi connectivity index (χ0n) is 16.9. The fourth-order valence-corrected chi connectivity index (χ4v) is 4.23. The Morgan fingerprint density at radius 1 is 1.20 bits per heavy atom. The van der Waals surface area contributed by atoms with Gasteiger partial charge >= 0.3 is 0 Å². The summed E-state index contributed by atoms with van der Waals surface area (Å²) >= 11 is 0. The van der Waals surface area contributed by atoms with Gasteiger partial charge in [0.1, 0.15) is 0 Å². The first-order chi connectivity index (χ1) is 11.5. The van der Waals surface area contributed by atoms with Crippen LogP contribution in [-0.2, 0) is 4.74 Å². The first kappa shape index (κ1) is 23.0. The van der Waals surface area contributed by atoms with Gasteiger partial charge in [-0.2, -0.15) is 0 Å². The van der Waals surface area contributed by atoms with E-state index in [4.69, 9.17) is 4.74 Å². The first-order valence-corrected chi connectivity index (χ1v) is 9.80. The largest absolute Gasteiger partial charge is 0.379 e. The van der Waals surface area contributed by atoms with Crippen molar-refractivity contribution in [1.82, 2.24) is 15.1 Å². The Labute approximate surface area is 172 Å². The summed E-state index contributed by atoms with van der Waals surface area (Å²) in [4.78, 5) is 9.53. The van der Waals surface area contributed by atoms with E-state index in [0.717, 1.165) is 63.7 Å². The summed E-state index contributed by atoms with van der Waals surface area (Å²) < 4.78 is 5.48. The van der Waals surface area contributed by atoms with Gasteiger partial charge in [0.25, 0.3) is 0 Å². The molecule has 0 aromatic heterocycles. The van der Waals surface area contributed by atoms with Crippen LogP contribution in [0.1, 0.15) is 47.0 Å². The Bertz CT molecular complexity index is 406. The molecule has 25 heavy (non-hydrogen) atoms. The molecule has 1 N–H and O–H groups in total. The molecule has 0 spiro atoms. The summed E-state index contributed by atoms with van der Waals surface area (Å²) in [5.41, 5.74) is 0.119. The van der Waals surface area contributed by atoms with Crippen molar-refractivity contribution < 1.29 is 4.74 Å². The summed E-state index contributed by atoms with van der Waals surface area (Å²) in [7, 11) is 1.91. The van der Waals surface area contributed by atoms with Gasteiger partial charge in [0, 0.05) is 45.3 Å². The highest BCUT2D eigenvalue weighted by atomic mass is 127. The number of nitrogens with one attached hydrogen (secondary N) is 1. The minimum Gasteiger partial charge on any atom is -0.379 e. The molecule has 2 saturated heterocycles. The first-order valence-electron chi connectivity index (χ1n) is 9.80. The van der Waals surface area contributed by atoms with Crippen LogP contribution in [0.5, 0.6) is 0 Å². The van der Waals surface area contributed by atoms with Crippen molar-refractivity contribution in [3.05, 3.63) is 0 Å². The van der Waals surface area contributed by atoms with Crippen molar-refractivity contribution >= 4 is 29.9 Å². The molecular weight excluding hydrogens is 427 g/mol. The predicted octanol–water partition coefficient (Wildman–Crippen LogP) is 3.05.